The van der Waals surface area contributed by atoms with Gasteiger partial charge in [0, 0.05) is 25.4 Å². The lowest BCUT2D eigenvalue weighted by Crippen LogP contribution is -2.32. The summed E-state index contributed by atoms with van der Waals surface area (Å²) in [6.45, 7) is 1.31. The molecular weight excluding hydrogens is 452 g/mol. The van der Waals surface area contributed by atoms with E-state index in [0.717, 1.165) is 34.0 Å². The number of carbonyl (C=O) groups excluding carboxylic acids is 1. The molecule has 2 heterocycles. The second-order valence-corrected chi connectivity index (χ2v) is 9.38. The zero-order valence-electron chi connectivity index (χ0n) is 16.9. The number of rotatable bonds is 8. The molecule has 9 nitrogen and oxygen atoms in total. The molecular formula is C21H20N4O5S2. The van der Waals surface area contributed by atoms with E-state index in [1.165, 1.54) is 41.4 Å². The highest BCUT2D eigenvalue weighted by Gasteiger charge is 2.16. The largest absolute Gasteiger partial charge is 0.502 e. The number of carbonyl (C=O) groups is 1. The number of nitro benzene ring substituents is 1. The van der Waals surface area contributed by atoms with Gasteiger partial charge in [0.05, 0.1) is 32.7 Å². The minimum Gasteiger partial charge on any atom is -0.502 e. The van der Waals surface area contributed by atoms with Crippen LogP contribution in [0.25, 0.3) is 10.2 Å². The maximum Gasteiger partial charge on any atom is 0.311 e. The Hall–Kier alpha value is -3.02. The summed E-state index contributed by atoms with van der Waals surface area (Å²) in [4.78, 5) is 31.3. The summed E-state index contributed by atoms with van der Waals surface area (Å²) in [6, 6.07) is 9.61. The van der Waals surface area contributed by atoms with Gasteiger partial charge >= 0.3 is 5.69 Å². The molecule has 166 valence electrons. The fourth-order valence-electron chi connectivity index (χ4n) is 3.16. The molecule has 1 aliphatic rings. The number of phenols is 1. The molecule has 2 aromatic carbocycles. The van der Waals surface area contributed by atoms with Crippen molar-refractivity contribution in [3.05, 3.63) is 52.1 Å². The Balaban J connectivity index is 1.37. The van der Waals surface area contributed by atoms with Crippen molar-refractivity contribution < 1.29 is 19.6 Å². The molecule has 2 N–H and O–H groups in total. The molecule has 3 aromatic rings. The summed E-state index contributed by atoms with van der Waals surface area (Å²) in [5, 5.41) is 23.4. The summed E-state index contributed by atoms with van der Waals surface area (Å²) < 4.78 is 7.23. The highest BCUT2D eigenvalue weighted by molar-refractivity contribution is 8.01. The lowest BCUT2D eigenvalue weighted by molar-refractivity contribution is -0.385. The van der Waals surface area contributed by atoms with Crippen LogP contribution in [-0.4, -0.2) is 52.1 Å². The number of hydrogen-bond donors (Lipinski definition) is 2. The van der Waals surface area contributed by atoms with Gasteiger partial charge in [-0.15, -0.1) is 11.3 Å². The van der Waals surface area contributed by atoms with Crippen LogP contribution >= 0.6 is 23.1 Å². The number of benzene rings is 2. The topological polar surface area (TPSA) is 127 Å². The lowest BCUT2D eigenvalue weighted by atomic mass is 10.2. The van der Waals surface area contributed by atoms with E-state index in [0.29, 0.717) is 17.8 Å². The van der Waals surface area contributed by atoms with Crippen molar-refractivity contribution in [2.24, 2.45) is 4.99 Å². The van der Waals surface area contributed by atoms with E-state index in [2.05, 4.69) is 15.3 Å². The number of thiazole rings is 1. The minimum absolute atomic E-state index is 0.0435. The number of thioether (sulfide) groups is 1. The number of fused-ring (bicyclic) bond motifs is 1. The molecule has 1 atom stereocenters. The van der Waals surface area contributed by atoms with E-state index in [4.69, 9.17) is 4.74 Å². The fourth-order valence-corrected chi connectivity index (χ4v) is 5.09. The lowest BCUT2D eigenvalue weighted by Gasteiger charge is -2.09. The summed E-state index contributed by atoms with van der Waals surface area (Å²) in [5.74, 6) is -0.140. The van der Waals surface area contributed by atoms with Gasteiger partial charge < -0.3 is 15.2 Å². The molecule has 4 rings (SSSR count). The third kappa shape index (κ3) is 5.61. The second-order valence-electron chi connectivity index (χ2n) is 7.12. The minimum atomic E-state index is -0.641. The van der Waals surface area contributed by atoms with Crippen molar-refractivity contribution in [2.75, 3.05) is 18.9 Å². The average molecular weight is 473 g/mol. The fraction of sp³-hybridized carbons (Fsp3) is 0.286. The molecule has 1 saturated heterocycles. The zero-order chi connectivity index (χ0) is 22.5. The van der Waals surface area contributed by atoms with E-state index in [-0.39, 0.29) is 29.2 Å². The Morgan fingerprint density at radius 3 is 3.06 bits per heavy atom. The number of amides is 1. The van der Waals surface area contributed by atoms with Crippen LogP contribution in [0.1, 0.15) is 18.4 Å². The first-order chi connectivity index (χ1) is 15.5. The first kappa shape index (κ1) is 22.2. The number of nitrogens with one attached hydrogen (secondary N) is 1. The van der Waals surface area contributed by atoms with Crippen LogP contribution in [0.15, 0.2) is 45.7 Å². The number of nitrogens with zero attached hydrogens (tertiary/aromatic N) is 3. The monoisotopic (exact) mass is 472 g/mol. The quantitative estimate of drug-likeness (QED) is 0.219. The van der Waals surface area contributed by atoms with Crippen molar-refractivity contribution in [3.8, 4) is 5.75 Å². The van der Waals surface area contributed by atoms with E-state index < -0.39 is 4.92 Å². The molecule has 0 unspecified atom stereocenters. The Morgan fingerprint density at radius 1 is 1.41 bits per heavy atom. The van der Waals surface area contributed by atoms with Crippen LogP contribution in [-0.2, 0) is 9.53 Å². The highest BCUT2D eigenvalue weighted by Crippen LogP contribution is 2.32. The molecule has 1 amide bonds. The number of aliphatic imine (C=N–C) groups is 1. The summed E-state index contributed by atoms with van der Waals surface area (Å²) in [5.41, 5.74) is 1.62. The molecule has 0 radical (unpaired) electrons. The van der Waals surface area contributed by atoms with E-state index in [1.807, 2.05) is 12.1 Å². The molecule has 1 aliphatic heterocycles. The van der Waals surface area contributed by atoms with Crippen LogP contribution in [0.4, 0.5) is 11.4 Å². The maximum atomic E-state index is 12.1. The molecule has 32 heavy (non-hydrogen) atoms. The van der Waals surface area contributed by atoms with Crippen LogP contribution in [0.2, 0.25) is 0 Å². The number of phenolic OH excluding ortho intramolecular Hbond substituents is 1. The summed E-state index contributed by atoms with van der Waals surface area (Å²) in [7, 11) is 0. The van der Waals surface area contributed by atoms with Crippen LogP contribution in [0, 0.1) is 10.1 Å². The number of aromatic hydroxyl groups is 1. The van der Waals surface area contributed by atoms with Crippen molar-refractivity contribution in [1.82, 2.24) is 10.3 Å². The summed E-state index contributed by atoms with van der Waals surface area (Å²) >= 11 is 2.86. The predicted molar refractivity (Wildman–Crippen MR) is 124 cm³/mol. The van der Waals surface area contributed by atoms with Gasteiger partial charge in [0.2, 0.25) is 5.91 Å². The van der Waals surface area contributed by atoms with Crippen molar-refractivity contribution in [2.45, 2.75) is 23.3 Å². The van der Waals surface area contributed by atoms with Gasteiger partial charge in [0.15, 0.2) is 10.1 Å². The van der Waals surface area contributed by atoms with Gasteiger partial charge in [-0.2, -0.15) is 0 Å². The number of aromatic nitrogens is 1. The van der Waals surface area contributed by atoms with Crippen molar-refractivity contribution >= 4 is 56.8 Å². The standard InChI is InChI=1S/C21H20N4O5S2/c26-18-6-3-13(8-17(18)25(28)29)10-22-14-4-5-16-19(9-14)32-21(24-16)31-12-20(27)23-11-15-2-1-7-30-15/h3-6,8-10,15,26H,1-2,7,11-12H2,(H,23,27)/t15-/m1/s1. The Labute approximate surface area is 191 Å². The van der Waals surface area contributed by atoms with Crippen molar-refractivity contribution in [1.29, 1.82) is 0 Å². The number of ether oxygens (including phenoxy) is 1. The van der Waals surface area contributed by atoms with E-state index in [9.17, 15) is 20.0 Å². The van der Waals surface area contributed by atoms with Gasteiger partial charge in [-0.3, -0.25) is 19.9 Å². The smallest absolute Gasteiger partial charge is 0.311 e. The predicted octanol–water partition coefficient (Wildman–Crippen LogP) is 4.05. The molecule has 1 fully saturated rings. The molecule has 0 saturated carbocycles. The summed E-state index contributed by atoms with van der Waals surface area (Å²) in [6.07, 6.45) is 3.66. The average Bonchev–Trinajstić information content (AvgIpc) is 3.44. The van der Waals surface area contributed by atoms with E-state index in [1.54, 1.807) is 12.1 Å². The molecule has 0 bridgehead atoms. The van der Waals surface area contributed by atoms with E-state index >= 15 is 0 Å². The second kappa shape index (κ2) is 10.1. The first-order valence-electron chi connectivity index (χ1n) is 9.91. The molecule has 0 spiro atoms. The Morgan fingerprint density at radius 2 is 2.28 bits per heavy atom. The molecule has 0 aliphatic carbocycles. The van der Waals surface area contributed by atoms with Crippen molar-refractivity contribution in [3.63, 3.8) is 0 Å². The molecule has 11 heteroatoms. The highest BCUT2D eigenvalue weighted by atomic mass is 32.2. The zero-order valence-corrected chi connectivity index (χ0v) is 18.5. The SMILES string of the molecule is O=C(CSc1nc2ccc(N=Cc3ccc(O)c([N+](=O)[O-])c3)cc2s1)NC[C@H]1CCCO1. The van der Waals surface area contributed by atoms with Crippen LogP contribution in [0.3, 0.4) is 0 Å². The van der Waals surface area contributed by atoms with Gasteiger partial charge in [-0.1, -0.05) is 11.8 Å². The van der Waals surface area contributed by atoms with Gasteiger partial charge in [-0.05, 0) is 48.7 Å². The normalized spacial score (nSPS) is 16.1. The number of hydrogen-bond acceptors (Lipinski definition) is 9. The van der Waals surface area contributed by atoms with Crippen LogP contribution in [0.5, 0.6) is 5.75 Å². The van der Waals surface area contributed by atoms with Gasteiger partial charge in [0.1, 0.15) is 0 Å². The van der Waals surface area contributed by atoms with Gasteiger partial charge in [0.25, 0.3) is 0 Å². The maximum absolute atomic E-state index is 12.1. The Bertz CT molecular complexity index is 1170. The third-order valence-corrected chi connectivity index (χ3v) is 6.95. The van der Waals surface area contributed by atoms with Crippen LogP contribution < -0.4 is 5.32 Å². The first-order valence-corrected chi connectivity index (χ1v) is 11.7. The third-order valence-electron chi connectivity index (χ3n) is 4.79. The molecule has 1 aromatic heterocycles. The van der Waals surface area contributed by atoms with Gasteiger partial charge in [-0.25, -0.2) is 4.98 Å². The number of nitro groups is 1. The Kier molecular flexibility index (Phi) is 6.98.